The van der Waals surface area contributed by atoms with Gasteiger partial charge in [0.15, 0.2) is 0 Å². The van der Waals surface area contributed by atoms with Gasteiger partial charge in [-0.25, -0.2) is 0 Å². The van der Waals surface area contributed by atoms with Gasteiger partial charge in [0.1, 0.15) is 12.4 Å². The standard InChI is InChI=1S/C15H16BrNO2/c1-10-5-12(8-17-7-10)9-19-15-4-3-13(16)6-14(15)11(2)18/h3-8,11,18H,9H2,1-2H3/t11-/m1/s1. The number of pyridine rings is 1. The molecule has 0 radical (unpaired) electrons. The first-order valence-electron chi connectivity index (χ1n) is 6.07. The molecule has 2 aromatic rings. The largest absolute Gasteiger partial charge is 0.488 e. The number of ether oxygens (including phenoxy) is 1. The van der Waals surface area contributed by atoms with Crippen molar-refractivity contribution >= 4 is 15.9 Å². The molecule has 0 bridgehead atoms. The average molecular weight is 322 g/mol. The summed E-state index contributed by atoms with van der Waals surface area (Å²) in [6.07, 6.45) is 3.03. The van der Waals surface area contributed by atoms with Crippen LogP contribution in [0, 0.1) is 6.92 Å². The summed E-state index contributed by atoms with van der Waals surface area (Å²) in [5.41, 5.74) is 2.89. The van der Waals surface area contributed by atoms with Crippen LogP contribution in [-0.4, -0.2) is 10.1 Å². The quantitative estimate of drug-likeness (QED) is 0.931. The van der Waals surface area contributed by atoms with E-state index in [4.69, 9.17) is 4.74 Å². The van der Waals surface area contributed by atoms with Gasteiger partial charge in [-0.05, 0) is 43.7 Å². The Morgan fingerprint density at radius 2 is 2.11 bits per heavy atom. The molecular formula is C15H16BrNO2. The minimum absolute atomic E-state index is 0.441. The summed E-state index contributed by atoms with van der Waals surface area (Å²) in [7, 11) is 0. The average Bonchev–Trinajstić information content (AvgIpc) is 2.37. The van der Waals surface area contributed by atoms with Gasteiger partial charge in [0.2, 0.25) is 0 Å². The van der Waals surface area contributed by atoms with Crippen LogP contribution in [0.15, 0.2) is 41.1 Å². The third-order valence-corrected chi connectivity index (χ3v) is 3.24. The molecule has 0 amide bonds. The molecule has 4 heteroatoms. The van der Waals surface area contributed by atoms with E-state index in [2.05, 4.69) is 20.9 Å². The summed E-state index contributed by atoms with van der Waals surface area (Å²) in [5.74, 6) is 0.694. The van der Waals surface area contributed by atoms with Crippen molar-refractivity contribution in [2.75, 3.05) is 0 Å². The van der Waals surface area contributed by atoms with Gasteiger partial charge >= 0.3 is 0 Å². The first kappa shape index (κ1) is 14.0. The Kier molecular flexibility index (Phi) is 4.56. The molecule has 0 fully saturated rings. The lowest BCUT2D eigenvalue weighted by atomic mass is 10.1. The summed E-state index contributed by atoms with van der Waals surface area (Å²) in [6.45, 7) is 4.16. The lowest BCUT2D eigenvalue weighted by molar-refractivity contribution is 0.190. The molecule has 100 valence electrons. The number of aromatic nitrogens is 1. The molecule has 0 aliphatic heterocycles. The third kappa shape index (κ3) is 3.78. The van der Waals surface area contributed by atoms with E-state index in [0.717, 1.165) is 21.2 Å². The Morgan fingerprint density at radius 1 is 1.32 bits per heavy atom. The van der Waals surface area contributed by atoms with Crippen LogP contribution in [-0.2, 0) is 6.61 Å². The second-order valence-corrected chi connectivity index (χ2v) is 5.43. The van der Waals surface area contributed by atoms with Gasteiger partial charge in [-0.15, -0.1) is 0 Å². The summed E-state index contributed by atoms with van der Waals surface area (Å²) >= 11 is 3.39. The van der Waals surface area contributed by atoms with E-state index in [0.29, 0.717) is 12.4 Å². The number of nitrogens with zero attached hydrogens (tertiary/aromatic N) is 1. The topological polar surface area (TPSA) is 42.4 Å². The lowest BCUT2D eigenvalue weighted by Crippen LogP contribution is -2.01. The number of aliphatic hydroxyl groups excluding tert-OH is 1. The van der Waals surface area contributed by atoms with E-state index in [-0.39, 0.29) is 0 Å². The molecule has 0 spiro atoms. The summed E-state index contributed by atoms with van der Waals surface area (Å²) in [4.78, 5) is 4.13. The van der Waals surface area contributed by atoms with Crippen LogP contribution in [0.3, 0.4) is 0 Å². The Hall–Kier alpha value is -1.39. The van der Waals surface area contributed by atoms with Crippen molar-refractivity contribution in [3.63, 3.8) is 0 Å². The van der Waals surface area contributed by atoms with Gasteiger partial charge in [-0.2, -0.15) is 0 Å². The summed E-state index contributed by atoms with van der Waals surface area (Å²) in [6, 6.07) is 7.66. The van der Waals surface area contributed by atoms with Gasteiger partial charge in [-0.3, -0.25) is 4.98 Å². The molecule has 1 heterocycles. The molecule has 2 rings (SSSR count). The van der Waals surface area contributed by atoms with Gasteiger partial charge < -0.3 is 9.84 Å². The first-order chi connectivity index (χ1) is 9.06. The van der Waals surface area contributed by atoms with Crippen LogP contribution in [0.4, 0.5) is 0 Å². The highest BCUT2D eigenvalue weighted by Gasteiger charge is 2.10. The van der Waals surface area contributed by atoms with E-state index in [1.807, 2.05) is 37.4 Å². The van der Waals surface area contributed by atoms with Crippen LogP contribution in [0.1, 0.15) is 29.7 Å². The van der Waals surface area contributed by atoms with Gasteiger partial charge in [0, 0.05) is 28.0 Å². The second-order valence-electron chi connectivity index (χ2n) is 4.52. The SMILES string of the molecule is Cc1cncc(COc2ccc(Br)cc2[C@@H](C)O)c1. The highest BCUT2D eigenvalue weighted by molar-refractivity contribution is 9.10. The van der Waals surface area contributed by atoms with E-state index < -0.39 is 6.10 Å². The molecule has 0 saturated heterocycles. The van der Waals surface area contributed by atoms with E-state index in [1.165, 1.54) is 0 Å². The van der Waals surface area contributed by atoms with Crippen LogP contribution in [0.5, 0.6) is 5.75 Å². The number of halogens is 1. The molecule has 3 nitrogen and oxygen atoms in total. The van der Waals surface area contributed by atoms with Crippen molar-refractivity contribution in [3.05, 3.63) is 57.8 Å². The van der Waals surface area contributed by atoms with Crippen molar-refractivity contribution in [1.82, 2.24) is 4.98 Å². The molecule has 19 heavy (non-hydrogen) atoms. The van der Waals surface area contributed by atoms with Gasteiger partial charge in [-0.1, -0.05) is 15.9 Å². The minimum Gasteiger partial charge on any atom is -0.488 e. The minimum atomic E-state index is -0.567. The Labute approximate surface area is 121 Å². The van der Waals surface area contributed by atoms with Crippen LogP contribution in [0.2, 0.25) is 0 Å². The number of hydrogen-bond acceptors (Lipinski definition) is 3. The smallest absolute Gasteiger partial charge is 0.125 e. The maximum absolute atomic E-state index is 9.76. The third-order valence-electron chi connectivity index (χ3n) is 2.75. The number of hydrogen-bond donors (Lipinski definition) is 1. The normalized spacial score (nSPS) is 12.2. The molecule has 1 N–H and O–H groups in total. The fourth-order valence-corrected chi connectivity index (χ4v) is 2.21. The monoisotopic (exact) mass is 321 g/mol. The van der Waals surface area contributed by atoms with Crippen molar-refractivity contribution in [1.29, 1.82) is 0 Å². The van der Waals surface area contributed by atoms with E-state index in [1.54, 1.807) is 13.1 Å². The number of benzene rings is 1. The van der Waals surface area contributed by atoms with E-state index >= 15 is 0 Å². The molecular weight excluding hydrogens is 306 g/mol. The molecule has 1 aromatic heterocycles. The highest BCUT2D eigenvalue weighted by Crippen LogP contribution is 2.29. The second kappa shape index (κ2) is 6.17. The Morgan fingerprint density at radius 3 is 2.79 bits per heavy atom. The summed E-state index contributed by atoms with van der Waals surface area (Å²) in [5, 5.41) is 9.76. The van der Waals surface area contributed by atoms with Crippen LogP contribution in [0.25, 0.3) is 0 Å². The predicted octanol–water partition coefficient (Wildman–Crippen LogP) is 3.78. The lowest BCUT2D eigenvalue weighted by Gasteiger charge is -2.14. The van der Waals surface area contributed by atoms with Crippen molar-refractivity contribution in [3.8, 4) is 5.75 Å². The summed E-state index contributed by atoms with van der Waals surface area (Å²) < 4.78 is 6.70. The maximum Gasteiger partial charge on any atom is 0.125 e. The number of aryl methyl sites for hydroxylation is 1. The van der Waals surface area contributed by atoms with Gasteiger partial charge in [0.05, 0.1) is 6.10 Å². The zero-order valence-corrected chi connectivity index (χ0v) is 12.5. The van der Waals surface area contributed by atoms with Crippen molar-refractivity contribution in [2.45, 2.75) is 26.6 Å². The Bertz CT molecular complexity index is 570. The highest BCUT2D eigenvalue weighted by atomic mass is 79.9. The molecule has 1 aromatic carbocycles. The predicted molar refractivity (Wildman–Crippen MR) is 78.1 cm³/mol. The fourth-order valence-electron chi connectivity index (χ4n) is 1.83. The zero-order valence-electron chi connectivity index (χ0n) is 10.9. The van der Waals surface area contributed by atoms with Crippen molar-refractivity contribution in [2.24, 2.45) is 0 Å². The molecule has 0 saturated carbocycles. The van der Waals surface area contributed by atoms with Crippen LogP contribution >= 0.6 is 15.9 Å². The molecule has 0 aliphatic rings. The molecule has 0 aliphatic carbocycles. The van der Waals surface area contributed by atoms with E-state index in [9.17, 15) is 5.11 Å². The first-order valence-corrected chi connectivity index (χ1v) is 6.86. The van der Waals surface area contributed by atoms with Crippen molar-refractivity contribution < 1.29 is 9.84 Å². The fraction of sp³-hybridized carbons (Fsp3) is 0.267. The maximum atomic E-state index is 9.76. The zero-order chi connectivity index (χ0) is 13.8. The number of rotatable bonds is 4. The van der Waals surface area contributed by atoms with Gasteiger partial charge in [0.25, 0.3) is 0 Å². The Balaban J connectivity index is 2.15. The van der Waals surface area contributed by atoms with Crippen LogP contribution < -0.4 is 4.74 Å². The molecule has 0 unspecified atom stereocenters. The number of aliphatic hydroxyl groups is 1. The molecule has 1 atom stereocenters.